The Bertz CT molecular complexity index is 740. The fourth-order valence-corrected chi connectivity index (χ4v) is 3.44. The first-order chi connectivity index (χ1) is 11.6. The molecule has 3 N–H and O–H groups in total. The maximum atomic E-state index is 12.5. The highest BCUT2D eigenvalue weighted by atomic mass is 16.3. The molecule has 1 aliphatic rings. The summed E-state index contributed by atoms with van der Waals surface area (Å²) in [5, 5.41) is 20.2. The van der Waals surface area contributed by atoms with Crippen LogP contribution < -0.4 is 10.6 Å². The molecule has 0 fully saturated rings. The maximum Gasteiger partial charge on any atom is 0.321 e. The third-order valence-electron chi connectivity index (χ3n) is 4.74. The number of nitrogens with one attached hydrogen (secondary N) is 2. The van der Waals surface area contributed by atoms with Gasteiger partial charge in [0.15, 0.2) is 0 Å². The molecule has 0 spiro atoms. The first-order valence-electron chi connectivity index (χ1n) is 8.39. The van der Waals surface area contributed by atoms with Gasteiger partial charge in [-0.3, -0.25) is 10.00 Å². The summed E-state index contributed by atoms with van der Waals surface area (Å²) in [6.45, 7) is 1.90. The zero-order chi connectivity index (χ0) is 17.2. The highest BCUT2D eigenvalue weighted by Gasteiger charge is 2.37. The number of anilines is 1. The first-order valence-corrected chi connectivity index (χ1v) is 8.39. The summed E-state index contributed by atoms with van der Waals surface area (Å²) >= 11 is 0. The molecular weight excluding hydrogens is 304 g/mol. The quantitative estimate of drug-likeness (QED) is 0.806. The summed E-state index contributed by atoms with van der Waals surface area (Å²) in [6, 6.07) is 9.53. The number of aliphatic hydroxyl groups excluding tert-OH is 1. The van der Waals surface area contributed by atoms with Gasteiger partial charge in [-0.2, -0.15) is 5.10 Å². The minimum absolute atomic E-state index is 0.122. The van der Waals surface area contributed by atoms with Crippen molar-refractivity contribution in [3.8, 4) is 0 Å². The van der Waals surface area contributed by atoms with Gasteiger partial charge >= 0.3 is 6.03 Å². The number of urea groups is 1. The van der Waals surface area contributed by atoms with Crippen LogP contribution in [0, 0.1) is 0 Å². The van der Waals surface area contributed by atoms with Gasteiger partial charge in [0.1, 0.15) is 5.82 Å². The Morgan fingerprint density at radius 3 is 2.92 bits per heavy atom. The molecule has 1 aromatic carbocycles. The van der Waals surface area contributed by atoms with Crippen molar-refractivity contribution in [3.05, 3.63) is 47.2 Å². The van der Waals surface area contributed by atoms with Gasteiger partial charge in [0.05, 0.1) is 17.8 Å². The average Bonchev–Trinajstić information content (AvgIpc) is 2.95. The molecule has 1 heterocycles. The molecule has 1 unspecified atom stereocenters. The average molecular weight is 328 g/mol. The molecular formula is C18H24N4O2. The number of benzene rings is 1. The van der Waals surface area contributed by atoms with Gasteiger partial charge in [0, 0.05) is 13.1 Å². The minimum atomic E-state index is -0.731. The van der Waals surface area contributed by atoms with Gasteiger partial charge in [-0.15, -0.1) is 0 Å². The number of fused-ring (bicyclic) bond motifs is 1. The predicted molar refractivity (Wildman–Crippen MR) is 92.9 cm³/mol. The molecule has 1 aliphatic carbocycles. The molecule has 128 valence electrons. The topological polar surface area (TPSA) is 79.2 Å². The lowest BCUT2D eigenvalue weighted by Crippen LogP contribution is -2.52. The minimum Gasteiger partial charge on any atom is -0.394 e. The van der Waals surface area contributed by atoms with Crippen molar-refractivity contribution in [3.63, 3.8) is 0 Å². The summed E-state index contributed by atoms with van der Waals surface area (Å²) in [5.74, 6) is 0.640. The summed E-state index contributed by atoms with van der Waals surface area (Å²) in [6.07, 6.45) is 3.44. The van der Waals surface area contributed by atoms with Crippen LogP contribution in [0.3, 0.4) is 0 Å². The third kappa shape index (κ3) is 3.01. The number of carbonyl (C=O) groups is 1. The van der Waals surface area contributed by atoms with Crippen molar-refractivity contribution in [1.82, 2.24) is 15.1 Å². The summed E-state index contributed by atoms with van der Waals surface area (Å²) in [7, 11) is 1.80. The monoisotopic (exact) mass is 328 g/mol. The molecule has 0 saturated heterocycles. The zero-order valence-electron chi connectivity index (χ0n) is 14.2. The third-order valence-corrected chi connectivity index (χ3v) is 4.74. The Morgan fingerprint density at radius 2 is 2.21 bits per heavy atom. The molecule has 0 bridgehead atoms. The molecule has 3 rings (SSSR count). The number of carbonyl (C=O) groups excluding carboxylic acids is 1. The number of amides is 2. The second-order valence-corrected chi connectivity index (χ2v) is 6.33. The van der Waals surface area contributed by atoms with E-state index in [0.717, 1.165) is 36.9 Å². The van der Waals surface area contributed by atoms with Crippen molar-refractivity contribution in [2.45, 2.75) is 38.1 Å². The van der Waals surface area contributed by atoms with E-state index in [4.69, 9.17) is 0 Å². The van der Waals surface area contributed by atoms with Crippen molar-refractivity contribution in [2.75, 3.05) is 11.9 Å². The number of aliphatic hydroxyl groups is 1. The van der Waals surface area contributed by atoms with E-state index in [1.54, 1.807) is 11.7 Å². The van der Waals surface area contributed by atoms with E-state index in [-0.39, 0.29) is 12.6 Å². The number of nitrogens with zero attached hydrogens (tertiary/aromatic N) is 2. The summed E-state index contributed by atoms with van der Waals surface area (Å²) in [5.41, 5.74) is 2.39. The van der Waals surface area contributed by atoms with Crippen LogP contribution in [0.25, 0.3) is 0 Å². The van der Waals surface area contributed by atoms with Crippen LogP contribution in [0.1, 0.15) is 36.6 Å². The normalized spacial score (nSPS) is 19.6. The van der Waals surface area contributed by atoms with E-state index in [0.29, 0.717) is 5.82 Å². The van der Waals surface area contributed by atoms with Crippen molar-refractivity contribution >= 4 is 11.8 Å². The van der Waals surface area contributed by atoms with Crippen LogP contribution in [0.15, 0.2) is 30.3 Å². The molecule has 1 aromatic heterocycles. The highest BCUT2D eigenvalue weighted by Crippen LogP contribution is 2.35. The van der Waals surface area contributed by atoms with E-state index >= 15 is 0 Å². The summed E-state index contributed by atoms with van der Waals surface area (Å²) < 4.78 is 1.65. The molecule has 1 atom stereocenters. The smallest absolute Gasteiger partial charge is 0.321 e. The molecule has 0 saturated carbocycles. The molecule has 24 heavy (non-hydrogen) atoms. The Labute approximate surface area is 141 Å². The fraction of sp³-hybridized carbons (Fsp3) is 0.444. The van der Waals surface area contributed by atoms with Crippen molar-refractivity contribution in [2.24, 2.45) is 7.05 Å². The van der Waals surface area contributed by atoms with E-state index in [9.17, 15) is 9.90 Å². The van der Waals surface area contributed by atoms with Crippen LogP contribution in [-0.2, 0) is 25.4 Å². The Balaban J connectivity index is 1.81. The predicted octanol–water partition coefficient (Wildman–Crippen LogP) is 2.33. The largest absolute Gasteiger partial charge is 0.394 e. The van der Waals surface area contributed by atoms with Gasteiger partial charge in [0.2, 0.25) is 0 Å². The van der Waals surface area contributed by atoms with E-state index < -0.39 is 5.54 Å². The lowest BCUT2D eigenvalue weighted by molar-refractivity contribution is 0.147. The molecule has 2 aromatic rings. The van der Waals surface area contributed by atoms with E-state index in [1.165, 1.54) is 5.56 Å². The van der Waals surface area contributed by atoms with Crippen LogP contribution in [-0.4, -0.2) is 27.5 Å². The lowest BCUT2D eigenvalue weighted by Gasteiger charge is -2.38. The molecule has 0 radical (unpaired) electrons. The van der Waals surface area contributed by atoms with Gasteiger partial charge in [-0.1, -0.05) is 31.2 Å². The molecule has 6 nitrogen and oxygen atoms in total. The van der Waals surface area contributed by atoms with Crippen LogP contribution in [0.2, 0.25) is 0 Å². The number of hydrogen-bond acceptors (Lipinski definition) is 3. The highest BCUT2D eigenvalue weighted by molar-refractivity contribution is 5.89. The van der Waals surface area contributed by atoms with Crippen LogP contribution in [0.4, 0.5) is 10.6 Å². The first kappa shape index (κ1) is 16.5. The van der Waals surface area contributed by atoms with Gasteiger partial charge in [-0.25, -0.2) is 4.79 Å². The zero-order valence-corrected chi connectivity index (χ0v) is 14.2. The molecule has 6 heteroatoms. The maximum absolute atomic E-state index is 12.5. The molecule has 2 amide bonds. The second kappa shape index (κ2) is 6.65. The van der Waals surface area contributed by atoms with Crippen LogP contribution in [0.5, 0.6) is 0 Å². The van der Waals surface area contributed by atoms with Gasteiger partial charge in [-0.05, 0) is 36.8 Å². The number of aromatic nitrogens is 2. The van der Waals surface area contributed by atoms with Gasteiger partial charge < -0.3 is 10.4 Å². The number of rotatable bonds is 4. The summed E-state index contributed by atoms with van der Waals surface area (Å²) in [4.78, 5) is 12.5. The fourth-order valence-electron chi connectivity index (χ4n) is 3.44. The SMILES string of the molecule is CCc1cc(NC(=O)NC2(CO)CCCc3ccccc32)n(C)n1. The van der Waals surface area contributed by atoms with Crippen LogP contribution >= 0.6 is 0 Å². The lowest BCUT2D eigenvalue weighted by atomic mass is 9.77. The van der Waals surface area contributed by atoms with E-state index in [2.05, 4.69) is 21.8 Å². The Kier molecular flexibility index (Phi) is 4.57. The Hall–Kier alpha value is -2.34. The van der Waals surface area contributed by atoms with Crippen molar-refractivity contribution < 1.29 is 9.90 Å². The van der Waals surface area contributed by atoms with Gasteiger partial charge in [0.25, 0.3) is 0 Å². The number of hydrogen-bond donors (Lipinski definition) is 3. The second-order valence-electron chi connectivity index (χ2n) is 6.33. The number of aryl methyl sites for hydroxylation is 3. The Morgan fingerprint density at radius 1 is 1.42 bits per heavy atom. The molecule has 0 aliphatic heterocycles. The van der Waals surface area contributed by atoms with E-state index in [1.807, 2.05) is 31.2 Å². The standard InChI is InChI=1S/C18H24N4O2/c1-3-14-11-16(22(2)21-14)19-17(24)20-18(12-23)10-6-8-13-7-4-5-9-15(13)18/h4-5,7,9,11,23H,3,6,8,10,12H2,1-2H3,(H2,19,20,24). The van der Waals surface area contributed by atoms with Crippen molar-refractivity contribution in [1.29, 1.82) is 0 Å².